The number of rotatable bonds is 5. The summed E-state index contributed by atoms with van der Waals surface area (Å²) in [5.74, 6) is -0.911. The molecule has 1 amide bonds. The Kier molecular flexibility index (Phi) is 5.55. The van der Waals surface area contributed by atoms with Crippen LogP contribution in [0.3, 0.4) is 0 Å². The zero-order chi connectivity index (χ0) is 15.3. The number of anilines is 1. The molecule has 0 radical (unpaired) electrons. The van der Waals surface area contributed by atoms with E-state index in [9.17, 15) is 22.8 Å². The first-order chi connectivity index (χ1) is 9.17. The molecule has 0 aromatic heterocycles. The maximum absolute atomic E-state index is 12.1. The van der Waals surface area contributed by atoms with E-state index in [1.54, 1.807) is 0 Å². The lowest BCUT2D eigenvalue weighted by Crippen LogP contribution is -2.17. The quantitative estimate of drug-likeness (QED) is 0.878. The van der Waals surface area contributed by atoms with Crippen molar-refractivity contribution < 1.29 is 27.5 Å². The van der Waals surface area contributed by atoms with Gasteiger partial charge in [0.15, 0.2) is 0 Å². The zero-order valence-electron chi connectivity index (χ0n) is 10.4. The van der Waals surface area contributed by atoms with Crippen LogP contribution in [0.1, 0.15) is 19.8 Å². The predicted molar refractivity (Wildman–Crippen MR) is 69.4 cm³/mol. The van der Waals surface area contributed by atoms with Crippen LogP contribution in [0.4, 0.5) is 18.9 Å². The van der Waals surface area contributed by atoms with Crippen LogP contribution in [0.2, 0.25) is 0 Å². The number of halogens is 4. The molecule has 0 atom stereocenters. The molecule has 0 saturated carbocycles. The van der Waals surface area contributed by atoms with Crippen LogP contribution >= 0.6 is 15.9 Å². The van der Waals surface area contributed by atoms with Crippen LogP contribution in [-0.4, -0.2) is 18.1 Å². The molecular weight excluding hydrogens is 343 g/mol. The molecule has 0 fully saturated rings. The first-order valence-electron chi connectivity index (χ1n) is 5.52. The van der Waals surface area contributed by atoms with Crippen molar-refractivity contribution in [3.05, 3.63) is 22.7 Å². The lowest BCUT2D eigenvalue weighted by Gasteiger charge is -2.12. The molecule has 0 bridgehead atoms. The van der Waals surface area contributed by atoms with Gasteiger partial charge in [0.2, 0.25) is 5.91 Å². The third kappa shape index (κ3) is 6.05. The van der Waals surface area contributed by atoms with Gasteiger partial charge < -0.3 is 14.8 Å². The summed E-state index contributed by atoms with van der Waals surface area (Å²) in [5.41, 5.74) is 0.306. The molecule has 0 spiro atoms. The van der Waals surface area contributed by atoms with Crippen LogP contribution in [0.15, 0.2) is 22.7 Å². The fourth-order valence-electron chi connectivity index (χ4n) is 1.30. The smallest absolute Gasteiger partial charge is 0.405 e. The van der Waals surface area contributed by atoms with Crippen LogP contribution in [0.25, 0.3) is 0 Å². The number of carbonyl (C=O) groups is 2. The fraction of sp³-hybridized carbons (Fsp3) is 0.333. The van der Waals surface area contributed by atoms with E-state index in [1.165, 1.54) is 19.1 Å². The Balaban J connectivity index is 2.68. The number of amides is 1. The summed E-state index contributed by atoms with van der Waals surface area (Å²) in [4.78, 5) is 22.2. The predicted octanol–water partition coefficient (Wildman–Crippen LogP) is 3.66. The van der Waals surface area contributed by atoms with Gasteiger partial charge in [-0.1, -0.05) is 0 Å². The number of ketones is 1. The van der Waals surface area contributed by atoms with Crippen LogP contribution in [0, 0.1) is 0 Å². The third-order valence-electron chi connectivity index (χ3n) is 2.15. The van der Waals surface area contributed by atoms with Crippen molar-refractivity contribution in [1.82, 2.24) is 0 Å². The number of carbonyl (C=O) groups excluding carboxylic acids is 2. The molecule has 110 valence electrons. The monoisotopic (exact) mass is 353 g/mol. The van der Waals surface area contributed by atoms with E-state index >= 15 is 0 Å². The molecule has 0 aliphatic carbocycles. The average Bonchev–Trinajstić information content (AvgIpc) is 2.28. The summed E-state index contributed by atoms with van der Waals surface area (Å²) >= 11 is 2.92. The second-order valence-electron chi connectivity index (χ2n) is 3.94. The topological polar surface area (TPSA) is 55.4 Å². The van der Waals surface area contributed by atoms with E-state index in [4.69, 9.17) is 0 Å². The molecule has 4 nitrogen and oxygen atoms in total. The van der Waals surface area contributed by atoms with Crippen molar-refractivity contribution in [2.24, 2.45) is 0 Å². The molecule has 1 aromatic rings. The minimum Gasteiger partial charge on any atom is -0.405 e. The molecular formula is C12H11BrF3NO3. The summed E-state index contributed by atoms with van der Waals surface area (Å²) < 4.78 is 40.0. The second-order valence-corrected chi connectivity index (χ2v) is 4.80. The van der Waals surface area contributed by atoms with Crippen molar-refractivity contribution in [1.29, 1.82) is 0 Å². The van der Waals surface area contributed by atoms with Gasteiger partial charge in [-0.05, 0) is 41.1 Å². The fourth-order valence-corrected chi connectivity index (χ4v) is 1.76. The number of benzene rings is 1. The number of Topliss-reactive ketones (excluding diaryl/α,β-unsaturated/α-hetero) is 1. The van der Waals surface area contributed by atoms with Crippen molar-refractivity contribution in [3.63, 3.8) is 0 Å². The zero-order valence-corrected chi connectivity index (χ0v) is 12.0. The van der Waals surface area contributed by atoms with Gasteiger partial charge >= 0.3 is 6.36 Å². The minimum atomic E-state index is -4.78. The van der Waals surface area contributed by atoms with Crippen molar-refractivity contribution in [2.75, 3.05) is 5.32 Å². The Hall–Kier alpha value is -1.57. The van der Waals surface area contributed by atoms with Gasteiger partial charge in [0, 0.05) is 18.5 Å². The van der Waals surface area contributed by atoms with E-state index in [1.807, 2.05) is 0 Å². The minimum absolute atomic E-state index is 0.0216. The number of hydrogen-bond donors (Lipinski definition) is 1. The summed E-state index contributed by atoms with van der Waals surface area (Å²) in [5, 5.41) is 2.47. The van der Waals surface area contributed by atoms with Gasteiger partial charge in [-0.25, -0.2) is 0 Å². The van der Waals surface area contributed by atoms with E-state index in [0.29, 0.717) is 5.69 Å². The lowest BCUT2D eigenvalue weighted by molar-refractivity contribution is -0.274. The molecule has 1 N–H and O–H groups in total. The van der Waals surface area contributed by atoms with Gasteiger partial charge in [-0.2, -0.15) is 0 Å². The van der Waals surface area contributed by atoms with Crippen LogP contribution in [0.5, 0.6) is 5.75 Å². The van der Waals surface area contributed by atoms with Gasteiger partial charge in [0.05, 0.1) is 4.47 Å². The Morgan fingerprint density at radius 2 is 1.95 bits per heavy atom. The summed E-state index contributed by atoms with van der Waals surface area (Å²) in [6.45, 7) is 1.37. The third-order valence-corrected chi connectivity index (χ3v) is 2.77. The highest BCUT2D eigenvalue weighted by Crippen LogP contribution is 2.32. The summed E-state index contributed by atoms with van der Waals surface area (Å²) in [6.07, 6.45) is -4.65. The highest BCUT2D eigenvalue weighted by Gasteiger charge is 2.31. The molecule has 0 aliphatic rings. The average molecular weight is 354 g/mol. The van der Waals surface area contributed by atoms with Gasteiger partial charge in [0.25, 0.3) is 0 Å². The highest BCUT2D eigenvalue weighted by molar-refractivity contribution is 9.10. The van der Waals surface area contributed by atoms with Gasteiger partial charge in [-0.3, -0.25) is 4.79 Å². The molecule has 1 aromatic carbocycles. The Bertz CT molecular complexity index is 517. The number of nitrogens with one attached hydrogen (secondary N) is 1. The summed E-state index contributed by atoms with van der Waals surface area (Å²) in [7, 11) is 0. The van der Waals surface area contributed by atoms with E-state index in [0.717, 1.165) is 6.07 Å². The SMILES string of the molecule is CC(=O)CCC(=O)Nc1ccc(OC(F)(F)F)c(Br)c1. The summed E-state index contributed by atoms with van der Waals surface area (Å²) in [6, 6.07) is 3.64. The number of alkyl halides is 3. The maximum atomic E-state index is 12.1. The Morgan fingerprint density at radius 1 is 1.30 bits per heavy atom. The first kappa shape index (κ1) is 16.5. The largest absolute Gasteiger partial charge is 0.573 e. The highest BCUT2D eigenvalue weighted by atomic mass is 79.9. The standard InChI is InChI=1S/C12H11BrF3NO3/c1-7(18)2-5-11(19)17-8-3-4-10(9(13)6-8)20-12(14,15)16/h3-4,6H,2,5H2,1H3,(H,17,19). The van der Waals surface area contributed by atoms with Crippen molar-refractivity contribution in [3.8, 4) is 5.75 Å². The van der Waals surface area contributed by atoms with Gasteiger partial charge in [-0.15, -0.1) is 13.2 Å². The number of hydrogen-bond acceptors (Lipinski definition) is 3. The van der Waals surface area contributed by atoms with Crippen molar-refractivity contribution in [2.45, 2.75) is 26.1 Å². The molecule has 0 heterocycles. The van der Waals surface area contributed by atoms with Crippen molar-refractivity contribution >= 4 is 33.3 Å². The van der Waals surface area contributed by atoms with E-state index < -0.39 is 18.0 Å². The van der Waals surface area contributed by atoms with Crippen LogP contribution < -0.4 is 10.1 Å². The molecule has 0 saturated heterocycles. The number of ether oxygens (including phenoxy) is 1. The molecule has 0 aliphatic heterocycles. The normalized spacial score (nSPS) is 11.1. The Labute approximate surface area is 121 Å². The Morgan fingerprint density at radius 3 is 2.45 bits per heavy atom. The molecule has 20 heavy (non-hydrogen) atoms. The lowest BCUT2D eigenvalue weighted by atomic mass is 10.2. The molecule has 1 rings (SSSR count). The first-order valence-corrected chi connectivity index (χ1v) is 6.31. The maximum Gasteiger partial charge on any atom is 0.573 e. The second kappa shape index (κ2) is 6.74. The van der Waals surface area contributed by atoms with Gasteiger partial charge in [0.1, 0.15) is 11.5 Å². The van der Waals surface area contributed by atoms with E-state index in [-0.39, 0.29) is 23.1 Å². The van der Waals surface area contributed by atoms with E-state index in [2.05, 4.69) is 26.0 Å². The molecule has 8 heteroatoms. The molecule has 0 unspecified atom stereocenters. The van der Waals surface area contributed by atoms with Crippen LogP contribution in [-0.2, 0) is 9.59 Å².